The fourth-order valence-corrected chi connectivity index (χ4v) is 3.35. The summed E-state index contributed by atoms with van der Waals surface area (Å²) in [5.74, 6) is -0.250. The minimum atomic E-state index is -0.250. The van der Waals surface area contributed by atoms with Crippen LogP contribution < -0.4 is 0 Å². The largest absolute Gasteiger partial charge is 0.361 e. The Morgan fingerprint density at radius 2 is 2.23 bits per heavy atom. The molecule has 0 aliphatic heterocycles. The highest BCUT2D eigenvalue weighted by Crippen LogP contribution is 2.31. The topological polar surface area (TPSA) is 52.5 Å². The van der Waals surface area contributed by atoms with Gasteiger partial charge >= 0.3 is 0 Å². The summed E-state index contributed by atoms with van der Waals surface area (Å²) in [5, 5.41) is 9.21. The van der Waals surface area contributed by atoms with Gasteiger partial charge < -0.3 is 4.98 Å². The maximum Gasteiger partial charge on any atom is 0.129 e. The number of rotatable bonds is 3. The molecule has 0 unspecified atom stereocenters. The van der Waals surface area contributed by atoms with Crippen molar-refractivity contribution in [3.05, 3.63) is 63.8 Å². The molecule has 2 aromatic heterocycles. The Morgan fingerprint density at radius 1 is 1.41 bits per heavy atom. The zero-order chi connectivity index (χ0) is 15.7. The molecule has 6 heteroatoms. The summed E-state index contributed by atoms with van der Waals surface area (Å²) < 4.78 is 15.1. The second-order valence-electron chi connectivity index (χ2n) is 4.85. The molecule has 22 heavy (non-hydrogen) atoms. The molecule has 2 N–H and O–H groups in total. The van der Waals surface area contributed by atoms with Crippen LogP contribution in [0.1, 0.15) is 16.8 Å². The van der Waals surface area contributed by atoms with E-state index >= 15 is 0 Å². The van der Waals surface area contributed by atoms with Crippen LogP contribution in [0.25, 0.3) is 10.9 Å². The summed E-state index contributed by atoms with van der Waals surface area (Å²) in [6.07, 6.45) is 5.75. The summed E-state index contributed by atoms with van der Waals surface area (Å²) in [7, 11) is 0. The molecular weight excluding hydrogens is 365 g/mol. The Hall–Kier alpha value is -1.66. The molecule has 0 bridgehead atoms. The van der Waals surface area contributed by atoms with E-state index in [-0.39, 0.29) is 5.82 Å². The van der Waals surface area contributed by atoms with Gasteiger partial charge in [0.05, 0.1) is 5.69 Å². The van der Waals surface area contributed by atoms with Crippen LogP contribution in [0.15, 0.2) is 41.1 Å². The molecule has 0 saturated carbocycles. The second-order valence-corrected chi connectivity index (χ2v) is 6.46. The van der Waals surface area contributed by atoms with Crippen molar-refractivity contribution in [2.75, 3.05) is 6.26 Å². The lowest BCUT2D eigenvalue weighted by atomic mass is 10.0. The molecule has 0 atom stereocenters. The SMILES string of the molecule is CSC(=N)c1cc(Cc2c(F)cc3[nH]ccc3c2Br)ccn1. The zero-order valence-electron chi connectivity index (χ0n) is 11.8. The van der Waals surface area contributed by atoms with Crippen LogP contribution in [0.5, 0.6) is 0 Å². The van der Waals surface area contributed by atoms with Crippen molar-refractivity contribution in [3.63, 3.8) is 0 Å². The average Bonchev–Trinajstić information content (AvgIpc) is 2.99. The predicted molar refractivity (Wildman–Crippen MR) is 93.3 cm³/mol. The molecule has 3 aromatic rings. The quantitative estimate of drug-likeness (QED) is 0.511. The number of hydrogen-bond donors (Lipinski definition) is 2. The average molecular weight is 378 g/mol. The lowest BCUT2D eigenvalue weighted by Crippen LogP contribution is -2.00. The maximum absolute atomic E-state index is 14.4. The van der Waals surface area contributed by atoms with E-state index < -0.39 is 0 Å². The number of nitrogens with one attached hydrogen (secondary N) is 2. The van der Waals surface area contributed by atoms with Crippen LogP contribution in [0.2, 0.25) is 0 Å². The van der Waals surface area contributed by atoms with Gasteiger partial charge in [-0.05, 0) is 52.0 Å². The summed E-state index contributed by atoms with van der Waals surface area (Å²) in [6, 6.07) is 7.13. The van der Waals surface area contributed by atoms with Gasteiger partial charge in [0.1, 0.15) is 10.9 Å². The molecule has 0 saturated heterocycles. The molecule has 3 nitrogen and oxygen atoms in total. The van der Waals surface area contributed by atoms with Gasteiger partial charge in [-0.25, -0.2) is 4.39 Å². The van der Waals surface area contributed by atoms with Gasteiger partial charge in [-0.3, -0.25) is 10.4 Å². The van der Waals surface area contributed by atoms with Crippen molar-refractivity contribution in [1.29, 1.82) is 5.41 Å². The third-order valence-electron chi connectivity index (χ3n) is 3.48. The number of hydrogen-bond acceptors (Lipinski definition) is 3. The molecule has 0 aliphatic carbocycles. The monoisotopic (exact) mass is 377 g/mol. The standard InChI is InChI=1S/C16H13BrFN3S/c1-22-16(19)14-7-9(2-4-21-14)6-11-12(18)8-13-10(15(11)17)3-5-20-13/h2-5,7-8,19-20H,6H2,1H3. The highest BCUT2D eigenvalue weighted by atomic mass is 79.9. The van der Waals surface area contributed by atoms with Crippen LogP contribution >= 0.6 is 27.7 Å². The second kappa shape index (κ2) is 6.22. The number of fused-ring (bicyclic) bond motifs is 1. The van der Waals surface area contributed by atoms with Crippen molar-refractivity contribution in [2.45, 2.75) is 6.42 Å². The highest BCUT2D eigenvalue weighted by Gasteiger charge is 2.13. The van der Waals surface area contributed by atoms with Crippen molar-refractivity contribution in [1.82, 2.24) is 9.97 Å². The Balaban J connectivity index is 2.01. The third-order valence-corrected chi connectivity index (χ3v) is 5.00. The first kappa shape index (κ1) is 15.2. The molecule has 0 spiro atoms. The van der Waals surface area contributed by atoms with Crippen LogP contribution in [-0.4, -0.2) is 21.3 Å². The minimum Gasteiger partial charge on any atom is -0.361 e. The smallest absolute Gasteiger partial charge is 0.129 e. The van der Waals surface area contributed by atoms with Gasteiger partial charge in [0.25, 0.3) is 0 Å². The molecular formula is C16H13BrFN3S. The van der Waals surface area contributed by atoms with Crippen LogP contribution in [0, 0.1) is 11.2 Å². The number of aromatic amines is 1. The molecule has 0 amide bonds. The number of pyridine rings is 1. The maximum atomic E-state index is 14.4. The van der Waals surface area contributed by atoms with Gasteiger partial charge in [0.2, 0.25) is 0 Å². The number of thioether (sulfide) groups is 1. The summed E-state index contributed by atoms with van der Waals surface area (Å²) >= 11 is 4.84. The number of nitrogens with zero attached hydrogens (tertiary/aromatic N) is 1. The van der Waals surface area contributed by atoms with Gasteiger partial charge in [0.15, 0.2) is 0 Å². The Kier molecular flexibility index (Phi) is 4.31. The van der Waals surface area contributed by atoms with Gasteiger partial charge in [-0.15, -0.1) is 11.8 Å². The Labute approximate surface area is 140 Å². The van der Waals surface area contributed by atoms with Crippen molar-refractivity contribution in [2.24, 2.45) is 0 Å². The van der Waals surface area contributed by atoms with E-state index in [2.05, 4.69) is 25.9 Å². The number of aromatic nitrogens is 2. The van der Waals surface area contributed by atoms with Gasteiger partial charge in [-0.2, -0.15) is 0 Å². The lowest BCUT2D eigenvalue weighted by molar-refractivity contribution is 0.614. The van der Waals surface area contributed by atoms with Gasteiger partial charge in [0, 0.05) is 39.8 Å². The molecule has 1 aromatic carbocycles. The number of H-pyrrole nitrogens is 1. The predicted octanol–water partition coefficient (Wildman–Crippen LogP) is 4.74. The Morgan fingerprint density at radius 3 is 3.00 bits per heavy atom. The van der Waals surface area contributed by atoms with Crippen molar-refractivity contribution < 1.29 is 4.39 Å². The molecule has 112 valence electrons. The van der Waals surface area contributed by atoms with E-state index in [0.717, 1.165) is 20.9 Å². The molecule has 3 rings (SSSR count). The van der Waals surface area contributed by atoms with Gasteiger partial charge in [-0.1, -0.05) is 0 Å². The first-order valence-electron chi connectivity index (χ1n) is 6.62. The zero-order valence-corrected chi connectivity index (χ0v) is 14.2. The Bertz CT molecular complexity index is 860. The van der Waals surface area contributed by atoms with E-state index in [1.807, 2.05) is 24.5 Å². The first-order chi connectivity index (χ1) is 10.6. The fourth-order valence-electron chi connectivity index (χ4n) is 2.35. The van der Waals surface area contributed by atoms with Crippen LogP contribution in [0.3, 0.4) is 0 Å². The molecule has 0 fully saturated rings. The summed E-state index contributed by atoms with van der Waals surface area (Å²) in [6.45, 7) is 0. The lowest BCUT2D eigenvalue weighted by Gasteiger charge is -2.09. The van der Waals surface area contributed by atoms with Crippen molar-refractivity contribution in [3.8, 4) is 0 Å². The summed E-state index contributed by atoms with van der Waals surface area (Å²) in [5.41, 5.74) is 2.93. The first-order valence-corrected chi connectivity index (χ1v) is 8.63. The highest BCUT2D eigenvalue weighted by molar-refractivity contribution is 9.10. The molecule has 0 radical (unpaired) electrons. The van der Waals surface area contributed by atoms with E-state index in [1.165, 1.54) is 17.8 Å². The fraction of sp³-hybridized carbons (Fsp3) is 0.125. The van der Waals surface area contributed by atoms with Crippen LogP contribution in [0.4, 0.5) is 4.39 Å². The normalized spacial score (nSPS) is 11.0. The number of benzene rings is 1. The molecule has 2 heterocycles. The minimum absolute atomic E-state index is 0.250. The van der Waals surface area contributed by atoms with E-state index in [9.17, 15) is 4.39 Å². The van der Waals surface area contributed by atoms with E-state index in [1.54, 1.807) is 12.4 Å². The third kappa shape index (κ3) is 2.80. The van der Waals surface area contributed by atoms with E-state index in [0.29, 0.717) is 22.7 Å². The molecule has 0 aliphatic rings. The number of halogens is 2. The van der Waals surface area contributed by atoms with Crippen LogP contribution in [-0.2, 0) is 6.42 Å². The summed E-state index contributed by atoms with van der Waals surface area (Å²) in [4.78, 5) is 7.20. The van der Waals surface area contributed by atoms with E-state index in [4.69, 9.17) is 5.41 Å². The van der Waals surface area contributed by atoms with Crippen molar-refractivity contribution >= 4 is 43.6 Å².